The van der Waals surface area contributed by atoms with Crippen molar-refractivity contribution in [3.05, 3.63) is 65.7 Å². The molecule has 0 saturated heterocycles. The largest absolute Gasteiger partial charge is 0.399 e. The number of benzene rings is 2. The van der Waals surface area contributed by atoms with E-state index < -0.39 is 0 Å². The maximum absolute atomic E-state index is 5.85. The van der Waals surface area contributed by atoms with Gasteiger partial charge in [-0.05, 0) is 43.0 Å². The van der Waals surface area contributed by atoms with Crippen molar-refractivity contribution in [3.63, 3.8) is 0 Å². The molecule has 1 unspecified atom stereocenters. The first-order valence-corrected chi connectivity index (χ1v) is 6.76. The number of rotatable bonds is 6. The highest BCUT2D eigenvalue weighted by Gasteiger charge is 2.05. The number of nitrogens with two attached hydrogens (primary N) is 1. The summed E-state index contributed by atoms with van der Waals surface area (Å²) in [6.07, 6.45) is 2.19. The van der Waals surface area contributed by atoms with E-state index in [4.69, 9.17) is 10.5 Å². The zero-order valence-electron chi connectivity index (χ0n) is 11.4. The predicted octanol–water partition coefficient (Wildman–Crippen LogP) is 3.98. The highest BCUT2D eigenvalue weighted by atomic mass is 16.5. The molecule has 0 fully saturated rings. The molecule has 1 atom stereocenters. The van der Waals surface area contributed by atoms with Crippen LogP contribution < -0.4 is 5.73 Å². The van der Waals surface area contributed by atoms with Gasteiger partial charge in [0, 0.05) is 12.3 Å². The van der Waals surface area contributed by atoms with Gasteiger partial charge >= 0.3 is 0 Å². The minimum atomic E-state index is 0.0965. The summed E-state index contributed by atoms with van der Waals surface area (Å²) in [7, 11) is 0. The number of aryl methyl sites for hydroxylation is 1. The van der Waals surface area contributed by atoms with Crippen LogP contribution in [0, 0.1) is 0 Å². The van der Waals surface area contributed by atoms with Gasteiger partial charge in [0.05, 0.1) is 6.10 Å². The quantitative estimate of drug-likeness (QED) is 0.626. The minimum Gasteiger partial charge on any atom is -0.399 e. The molecule has 0 aliphatic heterocycles. The lowest BCUT2D eigenvalue weighted by atomic mass is 10.1. The van der Waals surface area contributed by atoms with Gasteiger partial charge in [-0.25, -0.2) is 0 Å². The average Bonchev–Trinajstić information content (AvgIpc) is 2.44. The molecule has 2 nitrogen and oxygen atoms in total. The summed E-state index contributed by atoms with van der Waals surface area (Å²) in [5, 5.41) is 0. The Balaban J connectivity index is 1.74. The predicted molar refractivity (Wildman–Crippen MR) is 80.0 cm³/mol. The van der Waals surface area contributed by atoms with Gasteiger partial charge in [0.1, 0.15) is 0 Å². The van der Waals surface area contributed by atoms with E-state index >= 15 is 0 Å². The topological polar surface area (TPSA) is 35.2 Å². The summed E-state index contributed by atoms with van der Waals surface area (Å²) in [5.74, 6) is 0. The van der Waals surface area contributed by atoms with Crippen LogP contribution in [0.25, 0.3) is 0 Å². The summed E-state index contributed by atoms with van der Waals surface area (Å²) in [4.78, 5) is 0. The summed E-state index contributed by atoms with van der Waals surface area (Å²) < 4.78 is 5.85. The van der Waals surface area contributed by atoms with Gasteiger partial charge in [0.25, 0.3) is 0 Å². The summed E-state index contributed by atoms with van der Waals surface area (Å²) in [6, 6.07) is 18.4. The monoisotopic (exact) mass is 255 g/mol. The van der Waals surface area contributed by atoms with E-state index in [0.29, 0.717) is 0 Å². The fraction of sp³-hybridized carbons (Fsp3) is 0.294. The van der Waals surface area contributed by atoms with Gasteiger partial charge in [0.15, 0.2) is 0 Å². The Labute approximate surface area is 115 Å². The lowest BCUT2D eigenvalue weighted by Gasteiger charge is -2.14. The normalized spacial score (nSPS) is 12.3. The Morgan fingerprint density at radius 3 is 2.58 bits per heavy atom. The Morgan fingerprint density at radius 1 is 1.05 bits per heavy atom. The van der Waals surface area contributed by atoms with E-state index in [1.54, 1.807) is 0 Å². The Kier molecular flexibility index (Phi) is 4.99. The number of hydrogen-bond acceptors (Lipinski definition) is 2. The molecule has 0 amide bonds. The average molecular weight is 255 g/mol. The zero-order valence-corrected chi connectivity index (χ0v) is 11.4. The van der Waals surface area contributed by atoms with Crippen molar-refractivity contribution in [1.29, 1.82) is 0 Å². The second-order valence-electron chi connectivity index (χ2n) is 4.77. The van der Waals surface area contributed by atoms with Crippen molar-refractivity contribution in [2.75, 3.05) is 12.3 Å². The smallest absolute Gasteiger partial charge is 0.0797 e. The first-order valence-electron chi connectivity index (χ1n) is 6.76. The Morgan fingerprint density at radius 2 is 1.84 bits per heavy atom. The van der Waals surface area contributed by atoms with Crippen molar-refractivity contribution in [1.82, 2.24) is 0 Å². The lowest BCUT2D eigenvalue weighted by molar-refractivity contribution is 0.0642. The molecule has 2 heteroatoms. The second kappa shape index (κ2) is 6.95. The molecular formula is C17H21NO. The molecule has 0 spiro atoms. The lowest BCUT2D eigenvalue weighted by Crippen LogP contribution is -2.03. The zero-order chi connectivity index (χ0) is 13.5. The van der Waals surface area contributed by atoms with Crippen LogP contribution in [0.15, 0.2) is 54.6 Å². The van der Waals surface area contributed by atoms with Crippen LogP contribution in [0.5, 0.6) is 0 Å². The molecular weight excluding hydrogens is 234 g/mol. The van der Waals surface area contributed by atoms with Crippen LogP contribution in [0.2, 0.25) is 0 Å². The fourth-order valence-corrected chi connectivity index (χ4v) is 2.09. The maximum Gasteiger partial charge on any atom is 0.0797 e. The van der Waals surface area contributed by atoms with Gasteiger partial charge in [-0.3, -0.25) is 0 Å². The number of nitrogen functional groups attached to an aromatic ring is 1. The molecule has 2 rings (SSSR count). The van der Waals surface area contributed by atoms with E-state index in [1.807, 2.05) is 24.3 Å². The Bertz CT molecular complexity index is 496. The summed E-state index contributed by atoms with van der Waals surface area (Å²) in [6.45, 7) is 2.84. The molecule has 0 aliphatic rings. The standard InChI is InChI=1S/C17H21NO/c1-14(16-10-5-11-17(18)13-16)19-12-6-9-15-7-3-2-4-8-15/h2-5,7-8,10-11,13-14H,6,9,12,18H2,1H3. The van der Waals surface area contributed by atoms with E-state index in [9.17, 15) is 0 Å². The van der Waals surface area contributed by atoms with Gasteiger partial charge in [0.2, 0.25) is 0 Å². The van der Waals surface area contributed by atoms with Crippen molar-refractivity contribution >= 4 is 5.69 Å². The molecule has 0 radical (unpaired) electrons. The summed E-state index contributed by atoms with van der Waals surface area (Å²) >= 11 is 0. The third kappa shape index (κ3) is 4.42. The molecule has 2 N–H and O–H groups in total. The molecule has 2 aromatic carbocycles. The van der Waals surface area contributed by atoms with Crippen LogP contribution in [0.1, 0.15) is 30.6 Å². The first-order chi connectivity index (χ1) is 9.25. The van der Waals surface area contributed by atoms with Crippen LogP contribution in [-0.2, 0) is 11.2 Å². The van der Waals surface area contributed by atoms with Gasteiger partial charge in [-0.1, -0.05) is 42.5 Å². The first kappa shape index (κ1) is 13.6. The van der Waals surface area contributed by atoms with Crippen LogP contribution in [0.4, 0.5) is 5.69 Å². The molecule has 0 aromatic heterocycles. The Hall–Kier alpha value is -1.80. The molecule has 0 bridgehead atoms. The van der Waals surface area contributed by atoms with Gasteiger partial charge in [-0.15, -0.1) is 0 Å². The van der Waals surface area contributed by atoms with E-state index in [0.717, 1.165) is 30.7 Å². The van der Waals surface area contributed by atoms with E-state index in [1.165, 1.54) is 5.56 Å². The SMILES string of the molecule is CC(OCCCc1ccccc1)c1cccc(N)c1. The highest BCUT2D eigenvalue weighted by molar-refractivity contribution is 5.41. The van der Waals surface area contributed by atoms with E-state index in [2.05, 4.69) is 37.3 Å². The fourth-order valence-electron chi connectivity index (χ4n) is 2.09. The molecule has 0 heterocycles. The van der Waals surface area contributed by atoms with Crippen molar-refractivity contribution in [3.8, 4) is 0 Å². The number of ether oxygens (including phenoxy) is 1. The van der Waals surface area contributed by atoms with Crippen LogP contribution >= 0.6 is 0 Å². The minimum absolute atomic E-state index is 0.0965. The van der Waals surface area contributed by atoms with Crippen LogP contribution in [-0.4, -0.2) is 6.61 Å². The number of anilines is 1. The molecule has 2 aromatic rings. The van der Waals surface area contributed by atoms with Crippen LogP contribution in [0.3, 0.4) is 0 Å². The highest BCUT2D eigenvalue weighted by Crippen LogP contribution is 2.19. The van der Waals surface area contributed by atoms with Gasteiger partial charge in [-0.2, -0.15) is 0 Å². The second-order valence-corrected chi connectivity index (χ2v) is 4.77. The van der Waals surface area contributed by atoms with E-state index in [-0.39, 0.29) is 6.10 Å². The third-order valence-electron chi connectivity index (χ3n) is 3.20. The third-order valence-corrected chi connectivity index (χ3v) is 3.20. The summed E-state index contributed by atoms with van der Waals surface area (Å²) in [5.41, 5.74) is 9.06. The molecule has 0 aliphatic carbocycles. The van der Waals surface area contributed by atoms with Crippen molar-refractivity contribution in [2.45, 2.75) is 25.9 Å². The number of hydrogen-bond donors (Lipinski definition) is 1. The maximum atomic E-state index is 5.85. The van der Waals surface area contributed by atoms with Crippen molar-refractivity contribution in [2.24, 2.45) is 0 Å². The molecule has 100 valence electrons. The molecule has 19 heavy (non-hydrogen) atoms. The molecule has 0 saturated carbocycles. The van der Waals surface area contributed by atoms with Crippen molar-refractivity contribution < 1.29 is 4.74 Å². The van der Waals surface area contributed by atoms with Gasteiger partial charge < -0.3 is 10.5 Å².